The molecule has 0 saturated heterocycles. The van der Waals surface area contributed by atoms with Crippen molar-refractivity contribution in [2.75, 3.05) is 0 Å². The van der Waals surface area contributed by atoms with Crippen LogP contribution in [0.25, 0.3) is 0 Å². The lowest BCUT2D eigenvalue weighted by atomic mass is 10.2. The summed E-state index contributed by atoms with van der Waals surface area (Å²) in [6, 6.07) is 2.12. The van der Waals surface area contributed by atoms with Crippen LogP contribution in [0.4, 0.5) is 4.39 Å². The van der Waals surface area contributed by atoms with Crippen LogP contribution in [0.15, 0.2) is 17.0 Å². The van der Waals surface area contributed by atoms with E-state index in [0.717, 1.165) is 31.7 Å². The molecule has 0 heterocycles. The summed E-state index contributed by atoms with van der Waals surface area (Å²) in [5, 5.41) is 9.08. The van der Waals surface area contributed by atoms with Gasteiger partial charge in [-0.1, -0.05) is 24.4 Å². The van der Waals surface area contributed by atoms with E-state index in [-0.39, 0.29) is 16.6 Å². The fourth-order valence-electron chi connectivity index (χ4n) is 2.26. The Morgan fingerprint density at radius 1 is 1.37 bits per heavy atom. The van der Waals surface area contributed by atoms with Gasteiger partial charge in [0, 0.05) is 16.6 Å². The molecule has 0 aromatic heterocycles. The van der Waals surface area contributed by atoms with Gasteiger partial charge in [-0.2, -0.15) is 0 Å². The molecule has 0 unspecified atom stereocenters. The molecule has 1 aromatic rings. The predicted molar refractivity (Wildman–Crippen MR) is 69.9 cm³/mol. The van der Waals surface area contributed by atoms with Gasteiger partial charge in [0.25, 0.3) is 0 Å². The fraction of sp³-hybridized carbons (Fsp3) is 0.500. The van der Waals surface area contributed by atoms with Gasteiger partial charge in [0.2, 0.25) is 10.0 Å². The molecule has 0 bridgehead atoms. The molecule has 0 spiro atoms. The van der Waals surface area contributed by atoms with Gasteiger partial charge in [-0.05, 0) is 25.0 Å². The van der Waals surface area contributed by atoms with Crippen molar-refractivity contribution >= 4 is 21.6 Å². The topological polar surface area (TPSA) is 66.4 Å². The van der Waals surface area contributed by atoms with Crippen molar-refractivity contribution in [1.82, 2.24) is 4.72 Å². The van der Waals surface area contributed by atoms with Crippen molar-refractivity contribution in [1.29, 1.82) is 0 Å². The van der Waals surface area contributed by atoms with Gasteiger partial charge < -0.3 is 5.11 Å². The molecule has 4 nitrogen and oxygen atoms in total. The van der Waals surface area contributed by atoms with Crippen LogP contribution in [0.2, 0.25) is 5.02 Å². The number of aliphatic hydroxyl groups excluding tert-OH is 1. The third-order valence-corrected chi connectivity index (χ3v) is 4.95. The SMILES string of the molecule is O=S(=O)(NC1CCCC1)c1cc(Cl)cc(CO)c1F. The van der Waals surface area contributed by atoms with E-state index in [1.807, 2.05) is 0 Å². The molecule has 7 heteroatoms. The molecule has 0 atom stereocenters. The van der Waals surface area contributed by atoms with Crippen molar-refractivity contribution < 1.29 is 17.9 Å². The van der Waals surface area contributed by atoms with E-state index in [1.165, 1.54) is 6.07 Å². The lowest BCUT2D eigenvalue weighted by Crippen LogP contribution is -2.33. The minimum Gasteiger partial charge on any atom is -0.392 e. The summed E-state index contributed by atoms with van der Waals surface area (Å²) in [7, 11) is -3.95. The number of hydrogen-bond donors (Lipinski definition) is 2. The lowest BCUT2D eigenvalue weighted by molar-refractivity contribution is 0.274. The van der Waals surface area contributed by atoms with Crippen LogP contribution in [0.3, 0.4) is 0 Å². The maximum atomic E-state index is 14.0. The Morgan fingerprint density at radius 3 is 2.58 bits per heavy atom. The Balaban J connectivity index is 2.36. The summed E-state index contributed by atoms with van der Waals surface area (Å²) in [6.45, 7) is -0.599. The minimum atomic E-state index is -3.95. The minimum absolute atomic E-state index is 0.0808. The number of rotatable bonds is 4. The normalized spacial score (nSPS) is 17.0. The average molecular weight is 308 g/mol. The Morgan fingerprint density at radius 2 is 2.00 bits per heavy atom. The first-order chi connectivity index (χ1) is 8.94. The molecule has 19 heavy (non-hydrogen) atoms. The van der Waals surface area contributed by atoms with Crippen molar-refractivity contribution in [3.8, 4) is 0 Å². The highest BCUT2D eigenvalue weighted by Gasteiger charge is 2.26. The molecular weight excluding hydrogens is 293 g/mol. The number of aliphatic hydroxyl groups is 1. The zero-order chi connectivity index (χ0) is 14.0. The highest BCUT2D eigenvalue weighted by molar-refractivity contribution is 7.89. The summed E-state index contributed by atoms with van der Waals surface area (Å²) >= 11 is 5.75. The van der Waals surface area contributed by atoms with E-state index in [4.69, 9.17) is 16.7 Å². The second kappa shape index (κ2) is 5.75. The van der Waals surface area contributed by atoms with E-state index < -0.39 is 27.3 Å². The van der Waals surface area contributed by atoms with Crippen LogP contribution in [0.5, 0.6) is 0 Å². The number of halogens is 2. The molecule has 106 valence electrons. The highest BCUT2D eigenvalue weighted by Crippen LogP contribution is 2.26. The number of nitrogens with one attached hydrogen (secondary N) is 1. The third-order valence-electron chi connectivity index (χ3n) is 3.22. The first kappa shape index (κ1) is 14.7. The van der Waals surface area contributed by atoms with Crippen LogP contribution < -0.4 is 4.72 Å². The molecule has 1 saturated carbocycles. The smallest absolute Gasteiger partial charge is 0.243 e. The summed E-state index contributed by atoms with van der Waals surface area (Å²) in [6.07, 6.45) is 3.45. The van der Waals surface area contributed by atoms with Crippen LogP contribution in [0.1, 0.15) is 31.2 Å². The number of sulfonamides is 1. The van der Waals surface area contributed by atoms with Crippen molar-refractivity contribution in [3.63, 3.8) is 0 Å². The molecule has 2 N–H and O–H groups in total. The van der Waals surface area contributed by atoms with Crippen LogP contribution in [-0.4, -0.2) is 19.6 Å². The molecule has 0 radical (unpaired) electrons. The first-order valence-electron chi connectivity index (χ1n) is 6.05. The molecular formula is C12H15ClFNO3S. The molecule has 1 aromatic carbocycles. The van der Waals surface area contributed by atoms with Crippen LogP contribution in [0, 0.1) is 5.82 Å². The van der Waals surface area contributed by atoms with Gasteiger partial charge in [-0.15, -0.1) is 0 Å². The molecule has 0 amide bonds. The maximum Gasteiger partial charge on any atom is 0.243 e. The average Bonchev–Trinajstić information content (AvgIpc) is 2.83. The zero-order valence-corrected chi connectivity index (χ0v) is 11.8. The molecule has 2 rings (SSSR count). The van der Waals surface area contributed by atoms with E-state index in [1.54, 1.807) is 0 Å². The van der Waals surface area contributed by atoms with E-state index in [9.17, 15) is 12.8 Å². The molecule has 1 fully saturated rings. The predicted octanol–water partition coefficient (Wildman–Crippen LogP) is 2.19. The van der Waals surface area contributed by atoms with E-state index >= 15 is 0 Å². The first-order valence-corrected chi connectivity index (χ1v) is 7.91. The summed E-state index contributed by atoms with van der Waals surface area (Å²) in [5.74, 6) is -0.947. The van der Waals surface area contributed by atoms with Crippen LogP contribution >= 0.6 is 11.6 Å². The Hall–Kier alpha value is -0.690. The van der Waals surface area contributed by atoms with Gasteiger partial charge in [-0.3, -0.25) is 0 Å². The van der Waals surface area contributed by atoms with Gasteiger partial charge in [0.1, 0.15) is 10.7 Å². The summed E-state index contributed by atoms with van der Waals surface area (Å²) < 4.78 is 40.7. The Labute approximate surface area is 116 Å². The Bertz CT molecular complexity index is 571. The van der Waals surface area contributed by atoms with E-state index in [2.05, 4.69) is 4.72 Å². The fourth-order valence-corrected chi connectivity index (χ4v) is 4.01. The Kier molecular flexibility index (Phi) is 4.45. The molecule has 0 aliphatic heterocycles. The maximum absolute atomic E-state index is 14.0. The molecule has 1 aliphatic rings. The lowest BCUT2D eigenvalue weighted by Gasteiger charge is -2.14. The largest absolute Gasteiger partial charge is 0.392 e. The molecule has 1 aliphatic carbocycles. The van der Waals surface area contributed by atoms with Crippen molar-refractivity contribution in [2.45, 2.75) is 43.2 Å². The second-order valence-electron chi connectivity index (χ2n) is 4.64. The zero-order valence-electron chi connectivity index (χ0n) is 10.2. The van der Waals surface area contributed by atoms with Crippen molar-refractivity contribution in [2.24, 2.45) is 0 Å². The van der Waals surface area contributed by atoms with Crippen LogP contribution in [-0.2, 0) is 16.6 Å². The number of hydrogen-bond acceptors (Lipinski definition) is 3. The monoisotopic (exact) mass is 307 g/mol. The standard InChI is InChI=1S/C12H15ClFNO3S/c13-9-5-8(7-16)12(14)11(6-9)19(17,18)15-10-3-1-2-4-10/h5-6,10,15-16H,1-4,7H2. The van der Waals surface area contributed by atoms with Gasteiger partial charge in [0.15, 0.2) is 0 Å². The number of benzene rings is 1. The van der Waals surface area contributed by atoms with Gasteiger partial charge >= 0.3 is 0 Å². The quantitative estimate of drug-likeness (QED) is 0.896. The van der Waals surface area contributed by atoms with Gasteiger partial charge in [0.05, 0.1) is 6.61 Å². The van der Waals surface area contributed by atoms with E-state index in [0.29, 0.717) is 0 Å². The van der Waals surface area contributed by atoms with Crippen molar-refractivity contribution in [3.05, 3.63) is 28.5 Å². The highest BCUT2D eigenvalue weighted by atomic mass is 35.5. The van der Waals surface area contributed by atoms with Gasteiger partial charge in [-0.25, -0.2) is 17.5 Å². The third kappa shape index (κ3) is 3.25. The summed E-state index contributed by atoms with van der Waals surface area (Å²) in [5.41, 5.74) is -0.126. The summed E-state index contributed by atoms with van der Waals surface area (Å²) in [4.78, 5) is -0.504. The second-order valence-corrected chi connectivity index (χ2v) is 6.76.